The molecule has 0 bridgehead atoms. The van der Waals surface area contributed by atoms with Crippen molar-refractivity contribution >= 4 is 17.3 Å². The van der Waals surface area contributed by atoms with Gasteiger partial charge in [-0.3, -0.25) is 10.1 Å². The Hall–Kier alpha value is -2.07. The van der Waals surface area contributed by atoms with Gasteiger partial charge in [0.05, 0.1) is 16.0 Å². The summed E-state index contributed by atoms with van der Waals surface area (Å²) in [6, 6.07) is 10.5. The quantitative estimate of drug-likeness (QED) is 0.624. The Morgan fingerprint density at radius 1 is 1.14 bits per heavy atom. The van der Waals surface area contributed by atoms with Crippen LogP contribution in [0.25, 0.3) is 0 Å². The molecule has 3 rings (SSSR count). The van der Waals surface area contributed by atoms with Crippen molar-refractivity contribution in [2.24, 2.45) is 0 Å². The van der Waals surface area contributed by atoms with Crippen LogP contribution in [0.2, 0.25) is 5.02 Å². The van der Waals surface area contributed by atoms with Gasteiger partial charge in [0.25, 0.3) is 5.69 Å². The summed E-state index contributed by atoms with van der Waals surface area (Å²) in [6.07, 6.45) is 3.46. The van der Waals surface area contributed by atoms with Crippen molar-refractivity contribution in [3.63, 3.8) is 0 Å². The second kappa shape index (κ2) is 5.74. The zero-order valence-corrected chi connectivity index (χ0v) is 12.1. The van der Waals surface area contributed by atoms with E-state index in [0.717, 1.165) is 18.4 Å². The van der Waals surface area contributed by atoms with Crippen LogP contribution in [0.4, 0.5) is 5.69 Å². The second-order valence-electron chi connectivity index (χ2n) is 5.12. The third-order valence-corrected chi connectivity index (χ3v) is 4.00. The molecular formula is C16H14ClNO3. The van der Waals surface area contributed by atoms with E-state index in [2.05, 4.69) is 12.1 Å². The van der Waals surface area contributed by atoms with E-state index in [9.17, 15) is 10.1 Å². The van der Waals surface area contributed by atoms with Crippen LogP contribution in [0.1, 0.15) is 23.1 Å². The van der Waals surface area contributed by atoms with Gasteiger partial charge in [-0.15, -0.1) is 0 Å². The van der Waals surface area contributed by atoms with E-state index in [1.807, 2.05) is 6.07 Å². The Kier molecular flexibility index (Phi) is 3.80. The predicted molar refractivity (Wildman–Crippen MR) is 80.9 cm³/mol. The van der Waals surface area contributed by atoms with E-state index >= 15 is 0 Å². The third kappa shape index (κ3) is 3.00. The summed E-state index contributed by atoms with van der Waals surface area (Å²) in [5.74, 6) is 0.339. The molecule has 0 spiro atoms. The number of hydrogen-bond acceptors (Lipinski definition) is 3. The van der Waals surface area contributed by atoms with E-state index in [-0.39, 0.29) is 5.69 Å². The van der Waals surface area contributed by atoms with E-state index in [1.165, 1.54) is 35.7 Å². The van der Waals surface area contributed by atoms with Gasteiger partial charge in [0.1, 0.15) is 12.4 Å². The molecule has 0 saturated carbocycles. The molecule has 0 N–H and O–H groups in total. The summed E-state index contributed by atoms with van der Waals surface area (Å²) in [6.45, 7) is 0.355. The maximum Gasteiger partial charge on any atom is 0.273 e. The molecular weight excluding hydrogens is 290 g/mol. The topological polar surface area (TPSA) is 52.4 Å². The van der Waals surface area contributed by atoms with Crippen LogP contribution in [-0.2, 0) is 19.4 Å². The number of hydrogen-bond donors (Lipinski definition) is 0. The van der Waals surface area contributed by atoms with Gasteiger partial charge in [-0.25, -0.2) is 0 Å². The van der Waals surface area contributed by atoms with Gasteiger partial charge in [-0.1, -0.05) is 29.8 Å². The monoisotopic (exact) mass is 303 g/mol. The summed E-state index contributed by atoms with van der Waals surface area (Å²) < 4.78 is 5.64. The van der Waals surface area contributed by atoms with Gasteiger partial charge in [-0.05, 0) is 42.0 Å². The molecule has 0 amide bonds. The molecule has 5 heteroatoms. The van der Waals surface area contributed by atoms with Crippen molar-refractivity contribution in [1.82, 2.24) is 0 Å². The lowest BCUT2D eigenvalue weighted by Crippen LogP contribution is -1.98. The molecule has 2 aromatic carbocycles. The van der Waals surface area contributed by atoms with Gasteiger partial charge < -0.3 is 4.74 Å². The Balaban J connectivity index is 1.75. The maximum atomic E-state index is 10.8. The number of halogens is 1. The minimum Gasteiger partial charge on any atom is -0.487 e. The number of aryl methyl sites for hydroxylation is 2. The van der Waals surface area contributed by atoms with Gasteiger partial charge in [0.2, 0.25) is 0 Å². The fourth-order valence-electron chi connectivity index (χ4n) is 2.59. The normalized spacial score (nSPS) is 13.0. The summed E-state index contributed by atoms with van der Waals surface area (Å²) in [7, 11) is 0. The standard InChI is InChI=1S/C16H14ClNO3/c17-15-7-6-14(18(19)20)9-16(15)21-10-11-4-5-12-2-1-3-13(12)8-11/h4-9H,1-3,10H2. The molecule has 0 saturated heterocycles. The highest BCUT2D eigenvalue weighted by Gasteiger charge is 2.13. The van der Waals surface area contributed by atoms with E-state index in [0.29, 0.717) is 17.4 Å². The third-order valence-electron chi connectivity index (χ3n) is 3.68. The molecule has 0 radical (unpaired) electrons. The molecule has 1 aliphatic rings. The van der Waals surface area contributed by atoms with E-state index < -0.39 is 4.92 Å². The van der Waals surface area contributed by atoms with Crippen LogP contribution in [-0.4, -0.2) is 4.92 Å². The average Bonchev–Trinajstić information content (AvgIpc) is 2.93. The summed E-state index contributed by atoms with van der Waals surface area (Å²) in [5.41, 5.74) is 3.81. The number of fused-ring (bicyclic) bond motifs is 1. The lowest BCUT2D eigenvalue weighted by molar-refractivity contribution is -0.384. The summed E-state index contributed by atoms with van der Waals surface area (Å²) in [5, 5.41) is 11.2. The molecule has 0 unspecified atom stereocenters. The van der Waals surface area contributed by atoms with Crippen LogP contribution in [0.3, 0.4) is 0 Å². The number of nitrogens with zero attached hydrogens (tertiary/aromatic N) is 1. The highest BCUT2D eigenvalue weighted by molar-refractivity contribution is 6.32. The molecule has 0 aliphatic heterocycles. The first kappa shape index (κ1) is 13.9. The van der Waals surface area contributed by atoms with Gasteiger partial charge in [-0.2, -0.15) is 0 Å². The fraction of sp³-hybridized carbons (Fsp3) is 0.250. The highest BCUT2D eigenvalue weighted by Crippen LogP contribution is 2.30. The molecule has 0 heterocycles. The minimum atomic E-state index is -0.460. The molecule has 0 fully saturated rings. The SMILES string of the molecule is O=[N+]([O-])c1ccc(Cl)c(OCc2ccc3c(c2)CCC3)c1. The van der Waals surface area contributed by atoms with Crippen LogP contribution >= 0.6 is 11.6 Å². The van der Waals surface area contributed by atoms with Gasteiger partial charge in [0, 0.05) is 6.07 Å². The molecule has 0 atom stereocenters. The van der Waals surface area contributed by atoms with Gasteiger partial charge >= 0.3 is 0 Å². The first-order valence-corrected chi connectivity index (χ1v) is 7.19. The van der Waals surface area contributed by atoms with Crippen molar-refractivity contribution in [1.29, 1.82) is 0 Å². The Labute approximate surface area is 127 Å². The van der Waals surface area contributed by atoms with E-state index in [1.54, 1.807) is 0 Å². The Morgan fingerprint density at radius 3 is 2.76 bits per heavy atom. The fourth-order valence-corrected chi connectivity index (χ4v) is 2.76. The number of rotatable bonds is 4. The predicted octanol–water partition coefficient (Wildman–Crippen LogP) is 4.32. The number of benzene rings is 2. The minimum absolute atomic E-state index is 0.0247. The smallest absolute Gasteiger partial charge is 0.273 e. The summed E-state index contributed by atoms with van der Waals surface area (Å²) in [4.78, 5) is 10.3. The largest absolute Gasteiger partial charge is 0.487 e. The van der Waals surface area contributed by atoms with Gasteiger partial charge in [0.15, 0.2) is 0 Å². The molecule has 21 heavy (non-hydrogen) atoms. The molecule has 0 aromatic heterocycles. The van der Waals surface area contributed by atoms with E-state index in [4.69, 9.17) is 16.3 Å². The van der Waals surface area contributed by atoms with Crippen molar-refractivity contribution in [3.05, 3.63) is 68.2 Å². The lowest BCUT2D eigenvalue weighted by Gasteiger charge is -2.09. The Morgan fingerprint density at radius 2 is 1.95 bits per heavy atom. The molecule has 1 aliphatic carbocycles. The van der Waals surface area contributed by atoms with Crippen LogP contribution in [0.5, 0.6) is 5.75 Å². The Bertz CT molecular complexity index is 700. The number of ether oxygens (including phenoxy) is 1. The van der Waals surface area contributed by atoms with Crippen LogP contribution in [0, 0.1) is 10.1 Å². The number of nitro groups is 1. The zero-order valence-electron chi connectivity index (χ0n) is 11.3. The summed E-state index contributed by atoms with van der Waals surface area (Å²) >= 11 is 6.01. The highest BCUT2D eigenvalue weighted by atomic mass is 35.5. The van der Waals surface area contributed by atoms with Crippen molar-refractivity contribution < 1.29 is 9.66 Å². The molecule has 108 valence electrons. The van der Waals surface area contributed by atoms with Crippen molar-refractivity contribution in [3.8, 4) is 5.75 Å². The molecule has 4 nitrogen and oxygen atoms in total. The second-order valence-corrected chi connectivity index (χ2v) is 5.52. The number of non-ortho nitro benzene ring substituents is 1. The average molecular weight is 304 g/mol. The number of nitro benzene ring substituents is 1. The van der Waals surface area contributed by atoms with Crippen molar-refractivity contribution in [2.75, 3.05) is 0 Å². The van der Waals surface area contributed by atoms with Crippen LogP contribution in [0.15, 0.2) is 36.4 Å². The van der Waals surface area contributed by atoms with Crippen molar-refractivity contribution in [2.45, 2.75) is 25.9 Å². The lowest BCUT2D eigenvalue weighted by atomic mass is 10.1. The zero-order chi connectivity index (χ0) is 14.8. The first-order chi connectivity index (χ1) is 10.1. The maximum absolute atomic E-state index is 10.8. The molecule has 2 aromatic rings. The van der Waals surface area contributed by atoms with Crippen LogP contribution < -0.4 is 4.74 Å². The first-order valence-electron chi connectivity index (χ1n) is 6.81.